The van der Waals surface area contributed by atoms with E-state index in [4.69, 9.17) is 0 Å². The van der Waals surface area contributed by atoms with E-state index < -0.39 is 60.1 Å². The minimum atomic E-state index is -5.22. The van der Waals surface area contributed by atoms with Gasteiger partial charge in [-0.05, 0) is 53.6 Å². The first-order chi connectivity index (χ1) is 26.3. The molecule has 0 aliphatic rings. The number of rotatable bonds is 8. The summed E-state index contributed by atoms with van der Waals surface area (Å²) in [7, 11) is -20.2. The van der Waals surface area contributed by atoms with Gasteiger partial charge in [0.15, 0.2) is 0 Å². The Kier molecular flexibility index (Phi) is 15.7. The van der Waals surface area contributed by atoms with Crippen LogP contribution in [-0.2, 0) is 40.5 Å². The summed E-state index contributed by atoms with van der Waals surface area (Å²) in [6, 6.07) is 20.9. The molecule has 0 aliphatic heterocycles. The summed E-state index contributed by atoms with van der Waals surface area (Å²) in [5.74, 6) is 0. The molecular weight excluding hydrogens is 905 g/mol. The van der Waals surface area contributed by atoms with Crippen LogP contribution >= 0.6 is 0 Å². The van der Waals surface area contributed by atoms with Crippen molar-refractivity contribution in [3.05, 3.63) is 108 Å². The number of hydrogen-bond acceptors (Lipinski definition) is 16. The van der Waals surface area contributed by atoms with Gasteiger partial charge < -0.3 is 18.2 Å². The molecule has 8 rings (SSSR count). The number of aromatic nitrogens is 6. The Bertz CT molecular complexity index is 3510. The molecule has 0 bridgehead atoms. The maximum Gasteiger partial charge on any atom is 1.00 e. The number of hydrogen-bond donors (Lipinski definition) is 0. The molecule has 0 aliphatic carbocycles. The summed E-state index contributed by atoms with van der Waals surface area (Å²) in [5.41, 5.74) is 0.107. The van der Waals surface area contributed by atoms with Gasteiger partial charge in [-0.15, -0.1) is 20.4 Å². The maximum atomic E-state index is 12.5. The van der Waals surface area contributed by atoms with Gasteiger partial charge in [-0.25, -0.2) is 33.7 Å². The van der Waals surface area contributed by atoms with Gasteiger partial charge in [-0.3, -0.25) is 0 Å². The molecule has 0 saturated carbocycles. The van der Waals surface area contributed by atoms with Crippen LogP contribution in [0.15, 0.2) is 117 Å². The Morgan fingerprint density at radius 2 is 0.817 bits per heavy atom. The molecule has 0 radical (unpaired) electrons. The summed E-state index contributed by atoms with van der Waals surface area (Å²) < 4.78 is 146. The normalized spacial score (nSPS) is 12.3. The van der Waals surface area contributed by atoms with E-state index in [1.807, 2.05) is 0 Å². The van der Waals surface area contributed by atoms with Crippen LogP contribution in [0.4, 0.5) is 0 Å². The molecule has 60 heavy (non-hydrogen) atoms. The molecule has 2 aromatic heterocycles. The molecule has 18 nitrogen and oxygen atoms in total. The zero-order chi connectivity index (χ0) is 39.9. The third kappa shape index (κ3) is 9.88. The quantitative estimate of drug-likeness (QED) is 0.0777. The predicted octanol–water partition coefficient (Wildman–Crippen LogP) is -8.74. The molecule has 0 atom stereocenters. The first-order valence-corrected chi connectivity index (χ1v) is 21.3. The molecule has 6 aromatic carbocycles. The number of fused-ring (bicyclic) bond motifs is 6. The van der Waals surface area contributed by atoms with E-state index in [0.717, 1.165) is 46.0 Å². The molecule has 8 aromatic rings. The van der Waals surface area contributed by atoms with Crippen molar-refractivity contribution in [2.75, 3.05) is 0 Å². The van der Waals surface area contributed by atoms with Crippen LogP contribution in [0, 0.1) is 0 Å². The SMILES string of the molecule is O=S(=O)([O-])c1cc(-n2nc3ccc4c(S(=O)(=O)[O-])cccc4c3n2)ccc1C=Cc1ccc(-n2nc3cc(S(=O)(=O)[O-])c4ccccc4c3n2)cc1S(=O)(=O)[O-].[Na+].[Na+].[Na+].[Na+]. The average Bonchev–Trinajstić information content (AvgIpc) is 3.77. The first kappa shape index (κ1) is 50.7. The van der Waals surface area contributed by atoms with E-state index in [1.165, 1.54) is 66.7 Å². The van der Waals surface area contributed by atoms with Crippen LogP contribution in [0.25, 0.3) is 67.1 Å². The first-order valence-electron chi connectivity index (χ1n) is 15.7. The van der Waals surface area contributed by atoms with Crippen molar-refractivity contribution in [1.29, 1.82) is 0 Å². The summed E-state index contributed by atoms with van der Waals surface area (Å²) in [5, 5.41) is 17.9. The van der Waals surface area contributed by atoms with E-state index in [1.54, 1.807) is 6.07 Å². The van der Waals surface area contributed by atoms with Crippen LogP contribution in [0.3, 0.4) is 0 Å². The maximum absolute atomic E-state index is 12.5. The van der Waals surface area contributed by atoms with Gasteiger partial charge in [-0.1, -0.05) is 66.7 Å². The molecule has 0 fully saturated rings. The van der Waals surface area contributed by atoms with Gasteiger partial charge in [0.2, 0.25) is 0 Å². The van der Waals surface area contributed by atoms with E-state index in [0.29, 0.717) is 0 Å². The van der Waals surface area contributed by atoms with Gasteiger partial charge >= 0.3 is 118 Å². The van der Waals surface area contributed by atoms with E-state index >= 15 is 0 Å². The van der Waals surface area contributed by atoms with Gasteiger partial charge in [0, 0.05) is 21.5 Å². The fourth-order valence-electron chi connectivity index (χ4n) is 6.26. The third-order valence-corrected chi connectivity index (χ3v) is 12.3. The molecule has 0 amide bonds. The summed E-state index contributed by atoms with van der Waals surface area (Å²) in [6.45, 7) is 0. The van der Waals surface area contributed by atoms with Crippen LogP contribution < -0.4 is 118 Å². The zero-order valence-corrected chi connectivity index (χ0v) is 42.9. The largest absolute Gasteiger partial charge is 1.00 e. The molecule has 284 valence electrons. The molecule has 26 heteroatoms. The Morgan fingerprint density at radius 1 is 0.400 bits per heavy atom. The average molecular weight is 923 g/mol. The van der Waals surface area contributed by atoms with E-state index in [2.05, 4.69) is 20.4 Å². The molecule has 2 heterocycles. The monoisotopic (exact) mass is 922 g/mol. The van der Waals surface area contributed by atoms with Crippen molar-refractivity contribution >= 4 is 96.2 Å². The van der Waals surface area contributed by atoms with Crippen molar-refractivity contribution in [3.8, 4) is 11.4 Å². The van der Waals surface area contributed by atoms with Gasteiger partial charge in [0.25, 0.3) is 0 Å². The Labute approximate surface area is 429 Å². The summed E-state index contributed by atoms with van der Waals surface area (Å²) in [4.78, 5) is -0.611. The fourth-order valence-corrected chi connectivity index (χ4v) is 9.03. The molecule has 0 unspecified atom stereocenters. The van der Waals surface area contributed by atoms with Crippen molar-refractivity contribution in [2.45, 2.75) is 19.6 Å². The van der Waals surface area contributed by atoms with Gasteiger partial charge in [0.1, 0.15) is 62.5 Å². The summed E-state index contributed by atoms with van der Waals surface area (Å²) >= 11 is 0. The van der Waals surface area contributed by atoms with Crippen LogP contribution in [0.2, 0.25) is 0 Å². The second kappa shape index (κ2) is 18.6. The van der Waals surface area contributed by atoms with Crippen molar-refractivity contribution in [2.24, 2.45) is 0 Å². The van der Waals surface area contributed by atoms with E-state index in [9.17, 15) is 51.9 Å². The summed E-state index contributed by atoms with van der Waals surface area (Å²) in [6.07, 6.45) is 2.19. The van der Waals surface area contributed by atoms with Crippen molar-refractivity contribution in [1.82, 2.24) is 30.0 Å². The molecular formula is C34H18N6Na4O12S4. The van der Waals surface area contributed by atoms with E-state index in [-0.39, 0.29) is 184 Å². The number of benzene rings is 6. The Hall–Kier alpha value is -1.98. The zero-order valence-electron chi connectivity index (χ0n) is 31.6. The smallest absolute Gasteiger partial charge is 0.744 e. The second-order valence-corrected chi connectivity index (χ2v) is 17.5. The van der Waals surface area contributed by atoms with Crippen LogP contribution in [-0.4, -0.2) is 81.9 Å². The second-order valence-electron chi connectivity index (χ2n) is 12.1. The minimum Gasteiger partial charge on any atom is -0.744 e. The molecule has 0 spiro atoms. The standard InChI is InChI=1S/C34H22N6O12S4.4Na/c41-53(42,43)29-7-3-6-26-24(29)14-15-27-33(26)37-39(35-27)21-12-10-19(30(16-21)54(44,45)46)8-9-20-11-13-22(17-31(20)55(47,48)49)40-36-28-18-32(56(50,51)52)23-4-1-2-5-25(23)34(28)38-40;;;;/h1-18H,(H,41,42,43)(H,44,45,46)(H,47,48,49)(H,50,51,52);;;;/q;4*+1/p-4. The predicted molar refractivity (Wildman–Crippen MR) is 194 cm³/mol. The Morgan fingerprint density at radius 3 is 1.30 bits per heavy atom. The van der Waals surface area contributed by atoms with Crippen molar-refractivity contribution in [3.63, 3.8) is 0 Å². The molecule has 0 N–H and O–H groups in total. The molecule has 0 saturated heterocycles. The third-order valence-electron chi connectivity index (χ3n) is 8.70. The van der Waals surface area contributed by atoms with Crippen LogP contribution in [0.5, 0.6) is 0 Å². The Balaban J connectivity index is 0.00000198. The number of nitrogens with zero attached hydrogens (tertiary/aromatic N) is 6. The minimum absolute atomic E-state index is 0. The topological polar surface area (TPSA) is 290 Å². The van der Waals surface area contributed by atoms with Crippen molar-refractivity contribution < 1.29 is 170 Å². The fraction of sp³-hybridized carbons (Fsp3) is 0. The van der Waals surface area contributed by atoms with Gasteiger partial charge in [-0.2, -0.15) is 9.59 Å². The van der Waals surface area contributed by atoms with Gasteiger partial charge in [0.05, 0.1) is 31.0 Å². The van der Waals surface area contributed by atoms with Crippen LogP contribution in [0.1, 0.15) is 11.1 Å².